The Morgan fingerprint density at radius 3 is 1.89 bits per heavy atom. The molecule has 0 saturated heterocycles. The summed E-state index contributed by atoms with van der Waals surface area (Å²) >= 11 is 0. The number of hydrogen-bond donors (Lipinski definition) is 0. The maximum Gasteiger partial charge on any atom is 0.345 e. The van der Waals surface area contributed by atoms with Crippen molar-refractivity contribution < 1.29 is 24.6 Å². The first-order valence-electron chi connectivity index (χ1n) is 4.54. The van der Waals surface area contributed by atoms with Crippen LogP contribution >= 0.6 is 0 Å². The van der Waals surface area contributed by atoms with Crippen LogP contribution in [0.15, 0.2) is 46.7 Å². The van der Waals surface area contributed by atoms with Crippen LogP contribution in [-0.2, 0) is 20.4 Å². The fourth-order valence-electron chi connectivity index (χ4n) is 1.08. The lowest BCUT2D eigenvalue weighted by Gasteiger charge is -1.94. The Balaban J connectivity index is 3.11. The predicted molar refractivity (Wildman–Crippen MR) is 63.6 cm³/mol. The van der Waals surface area contributed by atoms with E-state index in [1.54, 1.807) is 30.3 Å². The van der Waals surface area contributed by atoms with Crippen LogP contribution in [0.25, 0.3) is 6.08 Å². The fourth-order valence-corrected chi connectivity index (χ4v) is 2.52. The van der Waals surface area contributed by atoms with Crippen molar-refractivity contribution in [1.82, 2.24) is 0 Å². The van der Waals surface area contributed by atoms with Gasteiger partial charge in [-0.05, 0) is 11.6 Å². The molecule has 0 fully saturated rings. The Bertz CT molecular complexity index is 640. The van der Waals surface area contributed by atoms with Crippen molar-refractivity contribution in [2.45, 2.75) is 0 Å². The van der Waals surface area contributed by atoms with Crippen LogP contribution in [0, 0.1) is 0 Å². The number of allylic oxidation sites excluding steroid dienone is 2. The topological polar surface area (TPSA) is 68.3 Å². The van der Waals surface area contributed by atoms with Gasteiger partial charge in [-0.15, -0.1) is 0 Å². The molecule has 0 bridgehead atoms. The van der Waals surface area contributed by atoms with E-state index in [2.05, 4.69) is 0 Å². The highest BCUT2D eigenvalue weighted by Crippen LogP contribution is 2.18. The molecule has 1 rings (SSSR count). The van der Waals surface area contributed by atoms with Gasteiger partial charge in [0.15, 0.2) is 0 Å². The molecule has 0 aliphatic heterocycles. The van der Waals surface area contributed by atoms with Crippen LogP contribution in [0.5, 0.6) is 0 Å². The van der Waals surface area contributed by atoms with Gasteiger partial charge in [0, 0.05) is 0 Å². The average molecular weight is 294 g/mol. The van der Waals surface area contributed by atoms with E-state index in [9.17, 15) is 24.6 Å². The van der Waals surface area contributed by atoms with Gasteiger partial charge in [0.25, 0.3) is 0 Å². The first-order valence-corrected chi connectivity index (χ1v) is 7.31. The molecule has 0 spiro atoms. The van der Waals surface area contributed by atoms with Crippen LogP contribution in [0.3, 0.4) is 0 Å². The SMILES string of the molecule is O=S(=O)(F)C(=C/C=C/c1ccccc1)S(=O)(=O)F. The molecule has 98 valence electrons. The van der Waals surface area contributed by atoms with Gasteiger partial charge in [-0.2, -0.15) is 16.8 Å². The Morgan fingerprint density at radius 2 is 1.44 bits per heavy atom. The molecular formula is C10H8F2O4S2. The van der Waals surface area contributed by atoms with Crippen molar-refractivity contribution in [1.29, 1.82) is 0 Å². The van der Waals surface area contributed by atoms with Crippen molar-refractivity contribution in [3.8, 4) is 0 Å². The molecule has 4 nitrogen and oxygen atoms in total. The van der Waals surface area contributed by atoms with Gasteiger partial charge in [0.05, 0.1) is 0 Å². The minimum atomic E-state index is -5.63. The van der Waals surface area contributed by atoms with E-state index in [0.29, 0.717) is 11.6 Å². The van der Waals surface area contributed by atoms with E-state index in [-0.39, 0.29) is 0 Å². The second-order valence-electron chi connectivity index (χ2n) is 3.13. The molecule has 0 saturated carbocycles. The summed E-state index contributed by atoms with van der Waals surface area (Å²) in [5.41, 5.74) is 0.612. The zero-order valence-corrected chi connectivity index (χ0v) is 10.5. The molecule has 8 heteroatoms. The largest absolute Gasteiger partial charge is 0.345 e. The molecule has 0 aromatic heterocycles. The number of halogens is 2. The van der Waals surface area contributed by atoms with E-state index in [1.807, 2.05) is 0 Å². The van der Waals surface area contributed by atoms with E-state index in [4.69, 9.17) is 0 Å². The summed E-state index contributed by atoms with van der Waals surface area (Å²) in [7, 11) is -11.3. The molecule has 0 aliphatic carbocycles. The molecule has 1 aromatic carbocycles. The lowest BCUT2D eigenvalue weighted by molar-refractivity contribution is 0.550. The van der Waals surface area contributed by atoms with Crippen molar-refractivity contribution in [2.24, 2.45) is 0 Å². The van der Waals surface area contributed by atoms with Crippen molar-refractivity contribution >= 4 is 26.5 Å². The minimum absolute atomic E-state index is 0.345. The van der Waals surface area contributed by atoms with Crippen LogP contribution in [0.4, 0.5) is 7.77 Å². The number of hydrogen-bond acceptors (Lipinski definition) is 4. The van der Waals surface area contributed by atoms with Gasteiger partial charge >= 0.3 is 20.4 Å². The van der Waals surface area contributed by atoms with Crippen LogP contribution in [0.1, 0.15) is 5.56 Å². The van der Waals surface area contributed by atoms with Crippen LogP contribution < -0.4 is 0 Å². The Kier molecular flexibility index (Phi) is 4.36. The molecule has 0 N–H and O–H groups in total. The van der Waals surface area contributed by atoms with Gasteiger partial charge in [0.1, 0.15) is 0 Å². The first-order chi connectivity index (χ1) is 8.21. The fraction of sp³-hybridized carbons (Fsp3) is 0. The third-order valence-electron chi connectivity index (χ3n) is 1.80. The Morgan fingerprint density at radius 1 is 0.944 bits per heavy atom. The number of rotatable bonds is 4. The third kappa shape index (κ3) is 4.38. The predicted octanol–water partition coefficient (Wildman–Crippen LogP) is 2.14. The lowest BCUT2D eigenvalue weighted by Crippen LogP contribution is -2.04. The molecular weight excluding hydrogens is 286 g/mol. The number of benzene rings is 1. The summed E-state index contributed by atoms with van der Waals surface area (Å²) in [6, 6.07) is 8.37. The average Bonchev–Trinajstić information content (AvgIpc) is 2.22. The molecule has 18 heavy (non-hydrogen) atoms. The second kappa shape index (κ2) is 5.40. The van der Waals surface area contributed by atoms with Crippen LogP contribution in [-0.4, -0.2) is 16.8 Å². The standard InChI is InChI=1S/C10H8F2O4S2/c11-17(13,14)10(18(12,15)16)8-4-7-9-5-2-1-3-6-9/h1-8H/b7-4+. The molecule has 0 aliphatic rings. The highest BCUT2D eigenvalue weighted by molar-refractivity contribution is 8.09. The normalized spacial score (nSPS) is 12.6. The summed E-state index contributed by atoms with van der Waals surface area (Å²) in [5.74, 6) is 0. The molecule has 1 aromatic rings. The lowest BCUT2D eigenvalue weighted by atomic mass is 10.2. The maximum atomic E-state index is 12.5. The Hall–Kier alpha value is -1.54. The highest BCUT2D eigenvalue weighted by Gasteiger charge is 2.29. The summed E-state index contributed by atoms with van der Waals surface area (Å²) in [6.45, 7) is 0. The molecule has 0 atom stereocenters. The van der Waals surface area contributed by atoms with E-state index in [1.165, 1.54) is 6.08 Å². The maximum absolute atomic E-state index is 12.5. The second-order valence-corrected chi connectivity index (χ2v) is 6.02. The van der Waals surface area contributed by atoms with E-state index >= 15 is 0 Å². The van der Waals surface area contributed by atoms with Gasteiger partial charge < -0.3 is 0 Å². The van der Waals surface area contributed by atoms with Crippen LogP contribution in [0.2, 0.25) is 0 Å². The van der Waals surface area contributed by atoms with E-state index in [0.717, 1.165) is 6.08 Å². The van der Waals surface area contributed by atoms with E-state index < -0.39 is 24.7 Å². The van der Waals surface area contributed by atoms with Crippen molar-refractivity contribution in [2.75, 3.05) is 0 Å². The zero-order valence-electron chi connectivity index (χ0n) is 8.82. The summed E-state index contributed by atoms with van der Waals surface area (Å²) < 4.78 is 64.9. The summed E-state index contributed by atoms with van der Waals surface area (Å²) in [6.07, 6.45) is 2.58. The third-order valence-corrected chi connectivity index (χ3v) is 4.23. The zero-order chi connectivity index (χ0) is 13.8. The molecule has 0 heterocycles. The van der Waals surface area contributed by atoms with Gasteiger partial charge in [-0.1, -0.05) is 50.3 Å². The first kappa shape index (κ1) is 14.5. The Labute approximate surface area is 104 Å². The minimum Gasteiger partial charge on any atom is -0.188 e. The highest BCUT2D eigenvalue weighted by atomic mass is 32.3. The molecule has 0 unspecified atom stereocenters. The summed E-state index contributed by atoms with van der Waals surface area (Å²) in [4.78, 5) is 0. The summed E-state index contributed by atoms with van der Waals surface area (Å²) in [5, 5.41) is 0. The van der Waals surface area contributed by atoms with Gasteiger partial charge in [0.2, 0.25) is 4.24 Å². The monoisotopic (exact) mass is 294 g/mol. The van der Waals surface area contributed by atoms with Gasteiger partial charge in [-0.25, -0.2) is 0 Å². The quantitative estimate of drug-likeness (QED) is 0.630. The van der Waals surface area contributed by atoms with Crippen molar-refractivity contribution in [3.63, 3.8) is 0 Å². The van der Waals surface area contributed by atoms with Crippen molar-refractivity contribution in [3.05, 3.63) is 52.3 Å². The molecule has 0 radical (unpaired) electrons. The molecule has 0 amide bonds. The van der Waals surface area contributed by atoms with Gasteiger partial charge in [-0.3, -0.25) is 0 Å². The smallest absolute Gasteiger partial charge is 0.188 e.